The molecule has 2 aromatic rings. The third kappa shape index (κ3) is 1.72. The molecule has 0 aromatic carbocycles. The topological polar surface area (TPSA) is 51.6 Å². The fourth-order valence-electron chi connectivity index (χ4n) is 0.735. The number of nitrogens with zero attached hydrogens (tertiary/aromatic N) is 4. The highest BCUT2D eigenvalue weighted by Gasteiger charge is 1.90. The summed E-state index contributed by atoms with van der Waals surface area (Å²) in [5, 5.41) is 0.866. The largest absolute Gasteiger partial charge is 0.244 e. The van der Waals surface area contributed by atoms with E-state index < -0.39 is 0 Å². The molecule has 0 aliphatic carbocycles. The maximum absolute atomic E-state index is 3.92. The van der Waals surface area contributed by atoms with E-state index in [1.807, 2.05) is 13.8 Å². The molecule has 4 heteroatoms. The van der Waals surface area contributed by atoms with Crippen LogP contribution in [0.1, 0.15) is 13.8 Å². The van der Waals surface area contributed by atoms with E-state index in [1.165, 1.54) is 12.7 Å². The van der Waals surface area contributed by atoms with Gasteiger partial charge in [0.15, 0.2) is 5.65 Å². The SMILES string of the molecule is CC.c1ncc2cncnc2n1. The second kappa shape index (κ2) is 4.33. The van der Waals surface area contributed by atoms with Gasteiger partial charge in [-0.05, 0) is 0 Å². The van der Waals surface area contributed by atoms with E-state index in [0.717, 1.165) is 5.39 Å². The molecule has 0 aliphatic rings. The molecule has 0 unspecified atom stereocenters. The Bertz CT molecular complexity index is 282. The van der Waals surface area contributed by atoms with Crippen LogP contribution in [0.5, 0.6) is 0 Å². The highest BCUT2D eigenvalue weighted by atomic mass is 14.9. The van der Waals surface area contributed by atoms with E-state index >= 15 is 0 Å². The van der Waals surface area contributed by atoms with Gasteiger partial charge < -0.3 is 0 Å². The molecule has 0 saturated heterocycles. The van der Waals surface area contributed by atoms with Gasteiger partial charge in [0.1, 0.15) is 12.7 Å². The van der Waals surface area contributed by atoms with Gasteiger partial charge in [-0.3, -0.25) is 0 Å². The number of fused-ring (bicyclic) bond motifs is 1. The molecule has 2 heterocycles. The summed E-state index contributed by atoms with van der Waals surface area (Å²) in [4.78, 5) is 15.5. The van der Waals surface area contributed by atoms with Crippen molar-refractivity contribution in [2.75, 3.05) is 0 Å². The number of hydrogen-bond donors (Lipinski definition) is 0. The van der Waals surface area contributed by atoms with Gasteiger partial charge in [-0.15, -0.1) is 0 Å². The molecular weight excluding hydrogens is 152 g/mol. The molecule has 0 fully saturated rings. The van der Waals surface area contributed by atoms with Crippen molar-refractivity contribution in [3.8, 4) is 0 Å². The Kier molecular flexibility index (Phi) is 3.07. The third-order valence-corrected chi connectivity index (χ3v) is 1.18. The Morgan fingerprint density at radius 2 is 1.42 bits per heavy atom. The van der Waals surface area contributed by atoms with Crippen LogP contribution in [0.2, 0.25) is 0 Å². The summed E-state index contributed by atoms with van der Waals surface area (Å²) in [6.45, 7) is 4.00. The lowest BCUT2D eigenvalue weighted by atomic mass is 10.4. The molecule has 0 amide bonds. The third-order valence-electron chi connectivity index (χ3n) is 1.18. The van der Waals surface area contributed by atoms with E-state index in [9.17, 15) is 0 Å². The predicted molar refractivity (Wildman–Crippen MR) is 46.5 cm³/mol. The van der Waals surface area contributed by atoms with Gasteiger partial charge in [0.25, 0.3) is 0 Å². The van der Waals surface area contributed by atoms with E-state index in [-0.39, 0.29) is 0 Å². The molecule has 0 spiro atoms. The van der Waals surface area contributed by atoms with Crippen LogP contribution in [-0.2, 0) is 0 Å². The van der Waals surface area contributed by atoms with Gasteiger partial charge in [0, 0.05) is 12.4 Å². The van der Waals surface area contributed by atoms with E-state index in [2.05, 4.69) is 19.9 Å². The van der Waals surface area contributed by atoms with Crippen molar-refractivity contribution < 1.29 is 0 Å². The second-order valence-electron chi connectivity index (χ2n) is 1.82. The van der Waals surface area contributed by atoms with Crippen molar-refractivity contribution in [1.82, 2.24) is 19.9 Å². The Hall–Kier alpha value is -1.58. The molecule has 4 nitrogen and oxygen atoms in total. The molecule has 2 rings (SSSR count). The fraction of sp³-hybridized carbons (Fsp3) is 0.250. The van der Waals surface area contributed by atoms with Gasteiger partial charge in [0.2, 0.25) is 0 Å². The van der Waals surface area contributed by atoms with Crippen molar-refractivity contribution >= 4 is 11.0 Å². The first-order valence-electron chi connectivity index (χ1n) is 3.82. The number of hydrogen-bond acceptors (Lipinski definition) is 4. The first kappa shape index (κ1) is 8.52. The normalized spacial score (nSPS) is 8.83. The van der Waals surface area contributed by atoms with Crippen LogP contribution in [0.15, 0.2) is 25.0 Å². The quantitative estimate of drug-likeness (QED) is 0.588. The molecule has 62 valence electrons. The van der Waals surface area contributed by atoms with E-state index in [1.54, 1.807) is 12.4 Å². The van der Waals surface area contributed by atoms with Crippen molar-refractivity contribution in [3.63, 3.8) is 0 Å². The van der Waals surface area contributed by atoms with Crippen molar-refractivity contribution in [2.24, 2.45) is 0 Å². The minimum Gasteiger partial charge on any atom is -0.244 e. The average molecular weight is 162 g/mol. The lowest BCUT2D eigenvalue weighted by Gasteiger charge is -1.89. The maximum atomic E-state index is 3.92. The van der Waals surface area contributed by atoms with Gasteiger partial charge in [-0.25, -0.2) is 19.9 Å². The molecule has 0 N–H and O–H groups in total. The second-order valence-corrected chi connectivity index (χ2v) is 1.82. The first-order valence-corrected chi connectivity index (χ1v) is 3.82. The van der Waals surface area contributed by atoms with Crippen LogP contribution in [0.3, 0.4) is 0 Å². The summed E-state index contributed by atoms with van der Waals surface area (Å²) >= 11 is 0. The zero-order chi connectivity index (χ0) is 8.81. The van der Waals surface area contributed by atoms with Crippen LogP contribution in [0.4, 0.5) is 0 Å². The highest BCUT2D eigenvalue weighted by molar-refractivity contribution is 5.71. The molecule has 0 aliphatic heterocycles. The Balaban J connectivity index is 0.000000336. The summed E-state index contributed by atoms with van der Waals surface area (Å²) in [5.74, 6) is 0. The summed E-state index contributed by atoms with van der Waals surface area (Å²) in [6.07, 6.45) is 6.30. The van der Waals surface area contributed by atoms with E-state index in [0.29, 0.717) is 5.65 Å². The lowest BCUT2D eigenvalue weighted by molar-refractivity contribution is 1.13. The van der Waals surface area contributed by atoms with Crippen LogP contribution < -0.4 is 0 Å². The number of rotatable bonds is 0. The average Bonchev–Trinajstić information content (AvgIpc) is 2.21. The van der Waals surface area contributed by atoms with Crippen LogP contribution in [-0.4, -0.2) is 19.9 Å². The summed E-state index contributed by atoms with van der Waals surface area (Å²) in [7, 11) is 0. The molecular formula is C8H10N4. The predicted octanol–water partition coefficient (Wildman–Crippen LogP) is 1.45. The first-order chi connectivity index (χ1) is 5.97. The van der Waals surface area contributed by atoms with Gasteiger partial charge >= 0.3 is 0 Å². The van der Waals surface area contributed by atoms with Crippen LogP contribution >= 0.6 is 0 Å². The minimum absolute atomic E-state index is 0.685. The maximum Gasteiger partial charge on any atom is 0.165 e. The zero-order valence-electron chi connectivity index (χ0n) is 7.10. The Labute approximate surface area is 70.7 Å². The molecule has 12 heavy (non-hydrogen) atoms. The van der Waals surface area contributed by atoms with Crippen molar-refractivity contribution in [2.45, 2.75) is 13.8 Å². The number of aromatic nitrogens is 4. The Morgan fingerprint density at radius 1 is 0.917 bits per heavy atom. The van der Waals surface area contributed by atoms with Gasteiger partial charge in [-0.1, -0.05) is 13.8 Å². The van der Waals surface area contributed by atoms with Crippen molar-refractivity contribution in [3.05, 3.63) is 25.0 Å². The molecule has 0 atom stereocenters. The lowest BCUT2D eigenvalue weighted by Crippen LogP contribution is -1.84. The molecule has 0 saturated carbocycles. The monoisotopic (exact) mass is 162 g/mol. The summed E-state index contributed by atoms with van der Waals surface area (Å²) in [5.41, 5.74) is 0.685. The van der Waals surface area contributed by atoms with Gasteiger partial charge in [0.05, 0.1) is 5.39 Å². The molecule has 2 aromatic heterocycles. The molecule has 0 bridgehead atoms. The van der Waals surface area contributed by atoms with Gasteiger partial charge in [-0.2, -0.15) is 0 Å². The van der Waals surface area contributed by atoms with Crippen molar-refractivity contribution in [1.29, 1.82) is 0 Å². The Morgan fingerprint density at radius 3 is 1.83 bits per heavy atom. The summed E-state index contributed by atoms with van der Waals surface area (Å²) in [6, 6.07) is 0. The zero-order valence-corrected chi connectivity index (χ0v) is 7.10. The fourth-order valence-corrected chi connectivity index (χ4v) is 0.735. The summed E-state index contributed by atoms with van der Waals surface area (Å²) < 4.78 is 0. The smallest absolute Gasteiger partial charge is 0.165 e. The highest BCUT2D eigenvalue weighted by Crippen LogP contribution is 2.00. The van der Waals surface area contributed by atoms with Crippen LogP contribution in [0.25, 0.3) is 11.0 Å². The minimum atomic E-state index is 0.685. The van der Waals surface area contributed by atoms with E-state index in [4.69, 9.17) is 0 Å². The van der Waals surface area contributed by atoms with Crippen LogP contribution in [0, 0.1) is 0 Å². The standard InChI is InChI=1S/C6H4N4.C2H6/c1-5-2-8-4-10-6(5)9-3-7-1;1-2/h1-4H;1-2H3. The molecule has 0 radical (unpaired) electrons.